The second-order valence-electron chi connectivity index (χ2n) is 8.47. The van der Waals surface area contributed by atoms with Crippen molar-refractivity contribution >= 4 is 31.4 Å². The molecule has 4 rings (SSSR count). The van der Waals surface area contributed by atoms with Crippen LogP contribution in [0.2, 0.25) is 0 Å². The molecule has 4 heterocycles. The van der Waals surface area contributed by atoms with Crippen LogP contribution >= 0.6 is 7.82 Å². The van der Waals surface area contributed by atoms with Gasteiger partial charge < -0.3 is 19.3 Å². The number of carbonyl (C=O) groups is 2. The molecule has 0 aliphatic carbocycles. The molecule has 3 aromatic rings. The third-order valence-electron chi connectivity index (χ3n) is 5.64. The van der Waals surface area contributed by atoms with Crippen molar-refractivity contribution in [2.45, 2.75) is 32.2 Å². The second-order valence-corrected chi connectivity index (χ2v) is 9.71. The number of phosphoric acid groups is 1. The highest BCUT2D eigenvalue weighted by atomic mass is 31.2. The minimum atomic E-state index is -4.63. The Balaban J connectivity index is 1.41. The predicted molar refractivity (Wildman–Crippen MR) is 133 cm³/mol. The maximum atomic E-state index is 12.7. The topological polar surface area (TPSA) is 185 Å². The number of piperidine rings is 1. The van der Waals surface area contributed by atoms with Gasteiger partial charge in [-0.25, -0.2) is 19.3 Å². The van der Waals surface area contributed by atoms with Crippen molar-refractivity contribution in [1.82, 2.24) is 29.6 Å². The van der Waals surface area contributed by atoms with E-state index in [1.807, 2.05) is 0 Å². The van der Waals surface area contributed by atoms with Crippen LogP contribution in [-0.4, -0.2) is 71.1 Å². The fourth-order valence-corrected chi connectivity index (χ4v) is 4.25. The van der Waals surface area contributed by atoms with E-state index in [1.165, 1.54) is 18.6 Å². The Morgan fingerprint density at radius 2 is 1.89 bits per heavy atom. The molecule has 14 nitrogen and oxygen atoms in total. The predicted octanol–water partition coefficient (Wildman–Crippen LogP) is 2.68. The van der Waals surface area contributed by atoms with E-state index in [1.54, 1.807) is 40.7 Å². The Hall–Kier alpha value is -3.71. The molecule has 37 heavy (non-hydrogen) atoms. The Bertz CT molecular complexity index is 1310. The van der Waals surface area contributed by atoms with E-state index < -0.39 is 19.9 Å². The number of nitrogens with zero attached hydrogens (tertiary/aromatic N) is 6. The number of nitrogens with one attached hydrogen (secondary N) is 2. The average molecular weight is 530 g/mol. The van der Waals surface area contributed by atoms with Gasteiger partial charge in [-0.15, -0.1) is 10.2 Å². The summed E-state index contributed by atoms with van der Waals surface area (Å²) >= 11 is 0. The van der Waals surface area contributed by atoms with Crippen molar-refractivity contribution in [2.75, 3.05) is 30.3 Å². The largest absolute Gasteiger partial charge is 0.469 e. The SMILES string of the molecule is C[C@H](COP(=O)(O)O)n1cnnc1-c1cccc(NC(=O)Nc2cc(C(=O)N3CCCCC3)ccn2)n1. The van der Waals surface area contributed by atoms with Crippen LogP contribution in [0.1, 0.15) is 42.6 Å². The smallest absolute Gasteiger partial charge is 0.339 e. The fourth-order valence-electron chi connectivity index (χ4n) is 3.84. The molecule has 3 aromatic heterocycles. The lowest BCUT2D eigenvalue weighted by Crippen LogP contribution is -2.35. The van der Waals surface area contributed by atoms with Crippen molar-refractivity contribution in [3.05, 3.63) is 48.4 Å². The number of aromatic nitrogens is 5. The number of carbonyl (C=O) groups excluding carboxylic acids is 2. The summed E-state index contributed by atoms with van der Waals surface area (Å²) in [6, 6.07) is 6.92. The first-order chi connectivity index (χ1) is 17.7. The average Bonchev–Trinajstić information content (AvgIpc) is 3.37. The summed E-state index contributed by atoms with van der Waals surface area (Å²) in [6.07, 6.45) is 5.93. The van der Waals surface area contributed by atoms with Gasteiger partial charge in [0.1, 0.15) is 23.7 Å². The molecule has 4 N–H and O–H groups in total. The van der Waals surface area contributed by atoms with Gasteiger partial charge in [0.15, 0.2) is 5.82 Å². The molecule has 15 heteroatoms. The van der Waals surface area contributed by atoms with Crippen LogP contribution in [0.5, 0.6) is 0 Å². The van der Waals surface area contributed by atoms with E-state index in [2.05, 4.69) is 35.3 Å². The third-order valence-corrected chi connectivity index (χ3v) is 6.13. The molecule has 0 radical (unpaired) electrons. The van der Waals surface area contributed by atoms with E-state index in [9.17, 15) is 14.2 Å². The number of anilines is 2. The van der Waals surface area contributed by atoms with Gasteiger partial charge >= 0.3 is 13.9 Å². The first-order valence-corrected chi connectivity index (χ1v) is 13.1. The molecule has 196 valence electrons. The van der Waals surface area contributed by atoms with Crippen LogP contribution < -0.4 is 10.6 Å². The molecule has 0 unspecified atom stereocenters. The molecule has 1 atom stereocenters. The third kappa shape index (κ3) is 7.17. The first-order valence-electron chi connectivity index (χ1n) is 11.6. The van der Waals surface area contributed by atoms with Crippen molar-refractivity contribution in [3.8, 4) is 11.5 Å². The van der Waals surface area contributed by atoms with Gasteiger partial charge in [0, 0.05) is 24.8 Å². The number of phosphoric ester groups is 1. The van der Waals surface area contributed by atoms with Crippen LogP contribution in [0.15, 0.2) is 42.9 Å². The Kier molecular flexibility index (Phi) is 8.24. The van der Waals surface area contributed by atoms with E-state index >= 15 is 0 Å². The zero-order chi connectivity index (χ0) is 26.4. The van der Waals surface area contributed by atoms with Crippen molar-refractivity contribution in [1.29, 1.82) is 0 Å². The van der Waals surface area contributed by atoms with Gasteiger partial charge in [0.05, 0.1) is 12.6 Å². The highest BCUT2D eigenvalue weighted by molar-refractivity contribution is 7.46. The van der Waals surface area contributed by atoms with Crippen LogP contribution in [0.3, 0.4) is 0 Å². The van der Waals surface area contributed by atoms with E-state index in [-0.39, 0.29) is 24.1 Å². The second kappa shape index (κ2) is 11.6. The molecule has 1 aliphatic rings. The van der Waals surface area contributed by atoms with Crippen LogP contribution in [0.25, 0.3) is 11.5 Å². The number of hydrogen-bond donors (Lipinski definition) is 4. The lowest BCUT2D eigenvalue weighted by Gasteiger charge is -2.26. The number of pyridine rings is 2. The molecular weight excluding hydrogens is 503 g/mol. The molecule has 0 spiro atoms. The molecule has 1 saturated heterocycles. The van der Waals surface area contributed by atoms with Crippen molar-refractivity contribution in [3.63, 3.8) is 0 Å². The Labute approximate surface area is 212 Å². The number of rotatable bonds is 8. The zero-order valence-electron chi connectivity index (χ0n) is 20.0. The summed E-state index contributed by atoms with van der Waals surface area (Å²) in [5.74, 6) is 0.653. The van der Waals surface area contributed by atoms with Crippen LogP contribution in [-0.2, 0) is 9.09 Å². The number of hydrogen-bond acceptors (Lipinski definition) is 8. The lowest BCUT2D eigenvalue weighted by atomic mass is 10.1. The first kappa shape index (κ1) is 26.4. The van der Waals surface area contributed by atoms with Crippen LogP contribution in [0, 0.1) is 0 Å². The maximum Gasteiger partial charge on any atom is 0.469 e. The quantitative estimate of drug-likeness (QED) is 0.316. The maximum absolute atomic E-state index is 12.7. The molecule has 0 bridgehead atoms. The molecule has 3 amide bonds. The number of amides is 3. The normalized spacial score (nSPS) is 14.7. The summed E-state index contributed by atoms with van der Waals surface area (Å²) in [7, 11) is -4.63. The van der Waals surface area contributed by atoms with Gasteiger partial charge in [0.2, 0.25) is 0 Å². The molecular formula is C22H27N8O6P. The Morgan fingerprint density at radius 3 is 2.65 bits per heavy atom. The summed E-state index contributed by atoms with van der Waals surface area (Å²) in [6.45, 7) is 2.84. The minimum Gasteiger partial charge on any atom is -0.339 e. The highest BCUT2D eigenvalue weighted by Crippen LogP contribution is 2.37. The van der Waals surface area contributed by atoms with Gasteiger partial charge in [0.25, 0.3) is 5.91 Å². The summed E-state index contributed by atoms with van der Waals surface area (Å²) in [5.41, 5.74) is 0.814. The van der Waals surface area contributed by atoms with E-state index in [0.29, 0.717) is 17.1 Å². The molecule has 0 saturated carbocycles. The van der Waals surface area contributed by atoms with Gasteiger partial charge in [-0.3, -0.25) is 20.0 Å². The summed E-state index contributed by atoms with van der Waals surface area (Å²) < 4.78 is 17.1. The molecule has 1 aliphatic heterocycles. The lowest BCUT2D eigenvalue weighted by molar-refractivity contribution is 0.0724. The minimum absolute atomic E-state index is 0.0931. The Morgan fingerprint density at radius 1 is 1.14 bits per heavy atom. The summed E-state index contributed by atoms with van der Waals surface area (Å²) in [5, 5.41) is 13.1. The van der Waals surface area contributed by atoms with Crippen molar-refractivity contribution < 1.29 is 28.5 Å². The van der Waals surface area contributed by atoms with Crippen molar-refractivity contribution in [2.24, 2.45) is 0 Å². The van der Waals surface area contributed by atoms with E-state index in [4.69, 9.17) is 9.79 Å². The van der Waals surface area contributed by atoms with Crippen LogP contribution in [0.4, 0.5) is 16.4 Å². The van der Waals surface area contributed by atoms with Gasteiger partial charge in [-0.05, 0) is 50.5 Å². The zero-order valence-corrected chi connectivity index (χ0v) is 20.9. The highest BCUT2D eigenvalue weighted by Gasteiger charge is 2.21. The monoisotopic (exact) mass is 530 g/mol. The fraction of sp³-hybridized carbons (Fsp3) is 0.364. The van der Waals surface area contributed by atoms with Gasteiger partial charge in [-0.1, -0.05) is 6.07 Å². The standard InChI is InChI=1S/C22H27N8O6P/c1-15(13-36-37(33,34)35)30-14-24-28-20(30)17-6-5-7-18(25-17)26-22(32)27-19-12-16(8-9-23-19)21(31)29-10-3-2-4-11-29/h5-9,12,14-15H,2-4,10-11,13H2,1H3,(H2,33,34,35)(H2,23,25,26,27,32)/t15-/m1/s1. The number of urea groups is 1. The molecule has 1 fully saturated rings. The molecule has 0 aromatic carbocycles. The van der Waals surface area contributed by atoms with Gasteiger partial charge in [-0.2, -0.15) is 0 Å². The van der Waals surface area contributed by atoms with E-state index in [0.717, 1.165) is 32.4 Å². The number of likely N-dealkylation sites (tertiary alicyclic amines) is 1. The summed E-state index contributed by atoms with van der Waals surface area (Å²) in [4.78, 5) is 53.5.